The van der Waals surface area contributed by atoms with Gasteiger partial charge < -0.3 is 19.7 Å². The summed E-state index contributed by atoms with van der Waals surface area (Å²) in [5.41, 5.74) is 1.43. The summed E-state index contributed by atoms with van der Waals surface area (Å²) in [5, 5.41) is 3.34. The highest BCUT2D eigenvalue weighted by Crippen LogP contribution is 2.27. The molecule has 0 atom stereocenters. The summed E-state index contributed by atoms with van der Waals surface area (Å²) < 4.78 is 11.2. The number of hydrogen-bond acceptors (Lipinski definition) is 6. The zero-order valence-electron chi connectivity index (χ0n) is 21.5. The highest BCUT2D eigenvalue weighted by molar-refractivity contribution is 6.07. The van der Waals surface area contributed by atoms with Crippen molar-refractivity contribution < 1.29 is 19.1 Å². The first-order valence-corrected chi connectivity index (χ1v) is 13.6. The molecule has 1 fully saturated rings. The molecule has 1 aromatic carbocycles. The normalized spacial score (nSPS) is 13.6. The summed E-state index contributed by atoms with van der Waals surface area (Å²) in [4.78, 5) is 28.3. The van der Waals surface area contributed by atoms with Crippen molar-refractivity contribution in [1.29, 1.82) is 0 Å². The topological polar surface area (TPSA) is 67.9 Å². The third kappa shape index (κ3) is 10.0. The Balaban J connectivity index is 2.00. The molecule has 0 aromatic heterocycles. The number of nitrogens with zero attached hydrogens (tertiary/aromatic N) is 1. The van der Waals surface area contributed by atoms with Gasteiger partial charge in [-0.25, -0.2) is 9.59 Å². The number of anilines is 1. The van der Waals surface area contributed by atoms with E-state index < -0.39 is 11.9 Å². The molecule has 1 N–H and O–H groups in total. The third-order valence-corrected chi connectivity index (χ3v) is 6.39. The van der Waals surface area contributed by atoms with E-state index in [-0.39, 0.29) is 0 Å². The Labute approximate surface area is 206 Å². The fraction of sp³-hybridized carbons (Fsp3) is 0.714. The SMILES string of the molecule is CCCCCCCCOC(=O)c1cccc(N2CCNCC2)c1C(=O)OCCCCCCCC. The van der Waals surface area contributed by atoms with E-state index in [4.69, 9.17) is 9.47 Å². The van der Waals surface area contributed by atoms with E-state index in [1.54, 1.807) is 6.07 Å². The van der Waals surface area contributed by atoms with Crippen molar-refractivity contribution in [2.24, 2.45) is 0 Å². The van der Waals surface area contributed by atoms with Crippen LogP contribution in [0.25, 0.3) is 0 Å². The molecule has 0 bridgehead atoms. The first kappa shape index (κ1) is 28.2. The number of unbranched alkanes of at least 4 members (excludes halogenated alkanes) is 10. The number of carbonyl (C=O) groups is 2. The van der Waals surface area contributed by atoms with Crippen LogP contribution in [0.4, 0.5) is 5.69 Å². The van der Waals surface area contributed by atoms with Crippen LogP contribution in [-0.4, -0.2) is 51.3 Å². The minimum Gasteiger partial charge on any atom is -0.462 e. The van der Waals surface area contributed by atoms with Gasteiger partial charge >= 0.3 is 11.9 Å². The number of hydrogen-bond donors (Lipinski definition) is 1. The number of benzene rings is 1. The lowest BCUT2D eigenvalue weighted by atomic mass is 10.0. The molecule has 1 aliphatic rings. The molecule has 1 saturated heterocycles. The summed E-state index contributed by atoms with van der Waals surface area (Å²) in [6.07, 6.45) is 13.5. The fourth-order valence-electron chi connectivity index (χ4n) is 4.34. The minimum atomic E-state index is -0.433. The molecule has 6 heteroatoms. The van der Waals surface area contributed by atoms with Gasteiger partial charge in [0.15, 0.2) is 0 Å². The van der Waals surface area contributed by atoms with E-state index in [0.29, 0.717) is 24.3 Å². The van der Waals surface area contributed by atoms with Crippen LogP contribution in [0.5, 0.6) is 0 Å². The van der Waals surface area contributed by atoms with Crippen molar-refractivity contribution in [2.45, 2.75) is 90.9 Å². The Morgan fingerprint density at radius 2 is 1.29 bits per heavy atom. The fourth-order valence-corrected chi connectivity index (χ4v) is 4.34. The van der Waals surface area contributed by atoms with Crippen molar-refractivity contribution >= 4 is 17.6 Å². The lowest BCUT2D eigenvalue weighted by molar-refractivity contribution is 0.0451. The first-order valence-electron chi connectivity index (χ1n) is 13.6. The molecule has 2 rings (SSSR count). The smallest absolute Gasteiger partial charge is 0.341 e. The van der Waals surface area contributed by atoms with Crippen LogP contribution in [-0.2, 0) is 9.47 Å². The van der Waals surface area contributed by atoms with Crippen LogP contribution in [0.15, 0.2) is 18.2 Å². The molecule has 1 aromatic rings. The zero-order chi connectivity index (χ0) is 24.4. The van der Waals surface area contributed by atoms with Gasteiger partial charge in [-0.2, -0.15) is 0 Å². The van der Waals surface area contributed by atoms with E-state index in [0.717, 1.165) is 57.5 Å². The second kappa shape index (κ2) is 17.4. The maximum absolute atomic E-state index is 13.2. The molecular weight excluding hydrogens is 428 g/mol. The van der Waals surface area contributed by atoms with Crippen molar-refractivity contribution in [3.05, 3.63) is 29.3 Å². The van der Waals surface area contributed by atoms with Crippen molar-refractivity contribution in [2.75, 3.05) is 44.3 Å². The maximum Gasteiger partial charge on any atom is 0.341 e. The van der Waals surface area contributed by atoms with Gasteiger partial charge in [-0.05, 0) is 25.0 Å². The van der Waals surface area contributed by atoms with Crippen LogP contribution in [0, 0.1) is 0 Å². The Bertz CT molecular complexity index is 716. The average Bonchev–Trinajstić information content (AvgIpc) is 2.87. The standard InChI is InChI=1S/C28H46N2O4/c1-3-5-7-9-11-13-22-33-27(31)24-16-15-17-25(30-20-18-29-19-21-30)26(24)28(32)34-23-14-12-10-8-6-4-2/h15-17,29H,3-14,18-23H2,1-2H3. The molecule has 0 unspecified atom stereocenters. The average molecular weight is 475 g/mol. The van der Waals surface area contributed by atoms with E-state index in [1.807, 2.05) is 12.1 Å². The summed E-state index contributed by atoms with van der Waals surface area (Å²) in [5.74, 6) is -0.855. The Hall–Kier alpha value is -2.08. The third-order valence-electron chi connectivity index (χ3n) is 6.39. The van der Waals surface area contributed by atoms with Crippen LogP contribution in [0.2, 0.25) is 0 Å². The van der Waals surface area contributed by atoms with Crippen LogP contribution in [0.3, 0.4) is 0 Å². The Kier molecular flexibility index (Phi) is 14.4. The molecule has 192 valence electrons. The van der Waals surface area contributed by atoms with Gasteiger partial charge in [0.25, 0.3) is 0 Å². The number of piperazine rings is 1. The zero-order valence-corrected chi connectivity index (χ0v) is 21.5. The summed E-state index contributed by atoms with van der Waals surface area (Å²) in [6.45, 7) is 8.43. The molecule has 0 aliphatic carbocycles. The highest BCUT2D eigenvalue weighted by Gasteiger charge is 2.26. The van der Waals surface area contributed by atoms with Gasteiger partial charge in [-0.1, -0.05) is 84.1 Å². The minimum absolute atomic E-state index is 0.315. The van der Waals surface area contributed by atoms with Gasteiger partial charge in [-0.15, -0.1) is 0 Å². The van der Waals surface area contributed by atoms with Gasteiger partial charge in [0.1, 0.15) is 0 Å². The second-order valence-electron chi connectivity index (χ2n) is 9.24. The molecule has 6 nitrogen and oxygen atoms in total. The summed E-state index contributed by atoms with van der Waals surface area (Å²) in [7, 11) is 0. The molecule has 0 saturated carbocycles. The van der Waals surface area contributed by atoms with Crippen molar-refractivity contribution in [3.63, 3.8) is 0 Å². The number of esters is 2. The number of ether oxygens (including phenoxy) is 2. The summed E-state index contributed by atoms with van der Waals surface area (Å²) >= 11 is 0. The van der Waals surface area contributed by atoms with E-state index in [2.05, 4.69) is 24.1 Å². The Morgan fingerprint density at radius 3 is 1.88 bits per heavy atom. The maximum atomic E-state index is 13.2. The van der Waals surface area contributed by atoms with Gasteiger partial charge in [-0.3, -0.25) is 0 Å². The quantitative estimate of drug-likeness (QED) is 0.216. The lowest BCUT2D eigenvalue weighted by Crippen LogP contribution is -2.44. The Morgan fingerprint density at radius 1 is 0.765 bits per heavy atom. The monoisotopic (exact) mass is 474 g/mol. The van der Waals surface area contributed by atoms with E-state index in [1.165, 1.54) is 51.4 Å². The number of nitrogens with one attached hydrogen (secondary N) is 1. The van der Waals surface area contributed by atoms with Crippen molar-refractivity contribution in [1.82, 2.24) is 5.32 Å². The lowest BCUT2D eigenvalue weighted by Gasteiger charge is -2.31. The van der Waals surface area contributed by atoms with Gasteiger partial charge in [0.05, 0.1) is 30.0 Å². The molecule has 0 amide bonds. The number of carbonyl (C=O) groups excluding carboxylic acids is 2. The molecule has 1 aliphatic heterocycles. The molecule has 0 radical (unpaired) electrons. The van der Waals surface area contributed by atoms with E-state index >= 15 is 0 Å². The molecular formula is C28H46N2O4. The largest absolute Gasteiger partial charge is 0.462 e. The predicted molar refractivity (Wildman–Crippen MR) is 139 cm³/mol. The second-order valence-corrected chi connectivity index (χ2v) is 9.24. The van der Waals surface area contributed by atoms with Crippen LogP contribution >= 0.6 is 0 Å². The molecule has 34 heavy (non-hydrogen) atoms. The molecule has 1 heterocycles. The van der Waals surface area contributed by atoms with E-state index in [9.17, 15) is 9.59 Å². The van der Waals surface area contributed by atoms with Crippen LogP contribution in [0.1, 0.15) is 112 Å². The molecule has 0 spiro atoms. The van der Waals surface area contributed by atoms with Gasteiger partial charge in [0, 0.05) is 26.2 Å². The van der Waals surface area contributed by atoms with Crippen molar-refractivity contribution in [3.8, 4) is 0 Å². The van der Waals surface area contributed by atoms with Crippen LogP contribution < -0.4 is 10.2 Å². The number of rotatable bonds is 17. The van der Waals surface area contributed by atoms with Gasteiger partial charge in [0.2, 0.25) is 0 Å². The first-order chi connectivity index (χ1) is 16.7. The summed E-state index contributed by atoms with van der Waals surface area (Å²) in [6, 6.07) is 5.44. The highest BCUT2D eigenvalue weighted by atomic mass is 16.5. The predicted octanol–water partition coefficient (Wildman–Crippen LogP) is 6.13.